The molecular weight excluding hydrogens is 304 g/mol. The Bertz CT molecular complexity index is 685. The smallest absolute Gasteiger partial charge is 0.242 e. The first-order chi connectivity index (χ1) is 10.3. The average Bonchev–Trinajstić information content (AvgIpc) is 2.46. The Labute approximate surface area is 130 Å². The molecule has 1 aromatic rings. The number of Topliss-reactive ketones (excluding diaryl/α,β-unsaturated/α-hetero) is 1. The SMILES string of the molecule is CC(=O)c1cccc(NC(=O)C2CCCCN2S(C)(=O)=O)c1. The number of ketones is 1. The molecule has 22 heavy (non-hydrogen) atoms. The average molecular weight is 324 g/mol. The number of nitrogens with one attached hydrogen (secondary N) is 1. The van der Waals surface area contributed by atoms with Crippen molar-refractivity contribution in [1.29, 1.82) is 0 Å². The van der Waals surface area contributed by atoms with Crippen LogP contribution in [0.15, 0.2) is 24.3 Å². The third-order valence-electron chi connectivity index (χ3n) is 3.72. The van der Waals surface area contributed by atoms with Crippen LogP contribution in [0.4, 0.5) is 5.69 Å². The fourth-order valence-electron chi connectivity index (χ4n) is 2.61. The first-order valence-corrected chi connectivity index (χ1v) is 9.02. The minimum atomic E-state index is -3.42. The van der Waals surface area contributed by atoms with Crippen LogP contribution in [0.3, 0.4) is 0 Å². The standard InChI is InChI=1S/C15H20N2O4S/c1-11(18)12-6-5-7-13(10-12)16-15(19)14-8-3-4-9-17(14)22(2,20)21/h5-7,10,14H,3-4,8-9H2,1-2H3,(H,16,19). The highest BCUT2D eigenvalue weighted by Crippen LogP contribution is 2.21. The molecule has 0 spiro atoms. The minimum Gasteiger partial charge on any atom is -0.325 e. The van der Waals surface area contributed by atoms with Crippen molar-refractivity contribution >= 4 is 27.4 Å². The second-order valence-electron chi connectivity index (χ2n) is 5.51. The zero-order valence-electron chi connectivity index (χ0n) is 12.7. The number of piperidine rings is 1. The summed E-state index contributed by atoms with van der Waals surface area (Å²) in [7, 11) is -3.42. The number of benzene rings is 1. The van der Waals surface area contributed by atoms with Gasteiger partial charge in [-0.25, -0.2) is 8.42 Å². The van der Waals surface area contributed by atoms with Crippen LogP contribution >= 0.6 is 0 Å². The Kier molecular flexibility index (Phi) is 4.97. The summed E-state index contributed by atoms with van der Waals surface area (Å²) in [5.74, 6) is -0.447. The number of hydrogen-bond donors (Lipinski definition) is 1. The number of amides is 1. The predicted octanol–water partition coefficient (Wildman–Crippen LogP) is 1.64. The molecule has 1 saturated heterocycles. The Hall–Kier alpha value is -1.73. The Morgan fingerprint density at radius 3 is 2.64 bits per heavy atom. The van der Waals surface area contributed by atoms with Gasteiger partial charge in [-0.05, 0) is 31.9 Å². The van der Waals surface area contributed by atoms with Gasteiger partial charge < -0.3 is 5.32 Å². The van der Waals surface area contributed by atoms with Crippen LogP contribution in [0.1, 0.15) is 36.5 Å². The molecule has 1 heterocycles. The lowest BCUT2D eigenvalue weighted by atomic mass is 10.0. The number of rotatable bonds is 4. The van der Waals surface area contributed by atoms with E-state index in [-0.39, 0.29) is 11.7 Å². The van der Waals surface area contributed by atoms with Crippen molar-refractivity contribution in [2.24, 2.45) is 0 Å². The molecule has 1 amide bonds. The quantitative estimate of drug-likeness (QED) is 0.854. The number of anilines is 1. The van der Waals surface area contributed by atoms with E-state index < -0.39 is 16.1 Å². The highest BCUT2D eigenvalue weighted by atomic mass is 32.2. The molecule has 6 nitrogen and oxygen atoms in total. The Balaban J connectivity index is 2.17. The molecule has 1 unspecified atom stereocenters. The summed E-state index contributed by atoms with van der Waals surface area (Å²) in [5, 5.41) is 2.71. The van der Waals surface area contributed by atoms with Crippen LogP contribution < -0.4 is 5.32 Å². The van der Waals surface area contributed by atoms with Crippen molar-refractivity contribution in [2.75, 3.05) is 18.1 Å². The minimum absolute atomic E-state index is 0.0912. The normalized spacial score (nSPS) is 19.6. The second-order valence-corrected chi connectivity index (χ2v) is 7.45. The summed E-state index contributed by atoms with van der Waals surface area (Å²) in [6, 6.07) is 5.93. The second kappa shape index (κ2) is 6.58. The lowest BCUT2D eigenvalue weighted by Crippen LogP contribution is -2.49. The van der Waals surface area contributed by atoms with Gasteiger partial charge in [0.1, 0.15) is 6.04 Å². The number of sulfonamides is 1. The summed E-state index contributed by atoms with van der Waals surface area (Å²) < 4.78 is 24.8. The molecule has 0 bridgehead atoms. The lowest BCUT2D eigenvalue weighted by molar-refractivity contribution is -0.120. The molecule has 1 fully saturated rings. The van der Waals surface area contributed by atoms with Crippen molar-refractivity contribution in [3.05, 3.63) is 29.8 Å². The molecule has 1 aliphatic rings. The third-order valence-corrected chi connectivity index (χ3v) is 5.01. The maximum absolute atomic E-state index is 12.4. The number of carbonyl (C=O) groups excluding carboxylic acids is 2. The van der Waals surface area contributed by atoms with Crippen molar-refractivity contribution in [3.8, 4) is 0 Å². The van der Waals surface area contributed by atoms with Gasteiger partial charge in [-0.2, -0.15) is 4.31 Å². The van der Waals surface area contributed by atoms with Gasteiger partial charge in [-0.15, -0.1) is 0 Å². The van der Waals surface area contributed by atoms with Gasteiger partial charge in [0.2, 0.25) is 15.9 Å². The molecule has 1 N–H and O–H groups in total. The summed E-state index contributed by atoms with van der Waals surface area (Å²) in [6.45, 7) is 1.82. The first-order valence-electron chi connectivity index (χ1n) is 7.18. The highest BCUT2D eigenvalue weighted by molar-refractivity contribution is 7.88. The Morgan fingerprint density at radius 2 is 2.00 bits per heavy atom. The molecule has 0 aliphatic carbocycles. The lowest BCUT2D eigenvalue weighted by Gasteiger charge is -2.32. The van der Waals surface area contributed by atoms with Gasteiger partial charge >= 0.3 is 0 Å². The molecular formula is C15H20N2O4S. The zero-order valence-corrected chi connectivity index (χ0v) is 13.5. The molecule has 0 radical (unpaired) electrons. The maximum atomic E-state index is 12.4. The van der Waals surface area contributed by atoms with E-state index >= 15 is 0 Å². The van der Waals surface area contributed by atoms with E-state index in [0.29, 0.717) is 24.2 Å². The van der Waals surface area contributed by atoms with E-state index in [2.05, 4.69) is 5.32 Å². The predicted molar refractivity (Wildman–Crippen MR) is 84.3 cm³/mol. The summed E-state index contributed by atoms with van der Waals surface area (Å²) >= 11 is 0. The summed E-state index contributed by atoms with van der Waals surface area (Å²) in [5.41, 5.74) is 0.998. The van der Waals surface area contributed by atoms with Gasteiger partial charge in [-0.1, -0.05) is 18.6 Å². The van der Waals surface area contributed by atoms with Gasteiger partial charge in [-0.3, -0.25) is 9.59 Å². The van der Waals surface area contributed by atoms with E-state index in [4.69, 9.17) is 0 Å². The maximum Gasteiger partial charge on any atom is 0.242 e. The summed E-state index contributed by atoms with van der Waals surface area (Å²) in [4.78, 5) is 23.8. The molecule has 0 saturated carbocycles. The van der Waals surface area contributed by atoms with Gasteiger partial charge in [0, 0.05) is 17.8 Å². The largest absolute Gasteiger partial charge is 0.325 e. The molecule has 7 heteroatoms. The van der Waals surface area contributed by atoms with Crippen LogP contribution in [0.5, 0.6) is 0 Å². The fraction of sp³-hybridized carbons (Fsp3) is 0.467. The molecule has 120 valence electrons. The van der Waals surface area contributed by atoms with Crippen LogP contribution in [0, 0.1) is 0 Å². The Morgan fingerprint density at radius 1 is 1.27 bits per heavy atom. The molecule has 2 rings (SSSR count). The molecule has 0 aromatic heterocycles. The molecule has 1 aliphatic heterocycles. The van der Waals surface area contributed by atoms with E-state index in [9.17, 15) is 18.0 Å². The van der Waals surface area contributed by atoms with Crippen LogP contribution in [0.2, 0.25) is 0 Å². The number of nitrogens with zero attached hydrogens (tertiary/aromatic N) is 1. The highest BCUT2D eigenvalue weighted by Gasteiger charge is 2.34. The van der Waals surface area contributed by atoms with Gasteiger partial charge in [0.05, 0.1) is 6.26 Å². The topological polar surface area (TPSA) is 83.6 Å². The zero-order chi connectivity index (χ0) is 16.3. The monoisotopic (exact) mass is 324 g/mol. The number of hydrogen-bond acceptors (Lipinski definition) is 4. The van der Waals surface area contributed by atoms with Crippen LogP contribution in [-0.2, 0) is 14.8 Å². The fourth-order valence-corrected chi connectivity index (χ4v) is 3.73. The summed E-state index contributed by atoms with van der Waals surface area (Å²) in [6.07, 6.45) is 3.20. The van der Waals surface area contributed by atoms with E-state index in [0.717, 1.165) is 19.1 Å². The molecule has 1 aromatic carbocycles. The van der Waals surface area contributed by atoms with Crippen molar-refractivity contribution in [2.45, 2.75) is 32.2 Å². The van der Waals surface area contributed by atoms with E-state index in [1.54, 1.807) is 24.3 Å². The van der Waals surface area contributed by atoms with Crippen molar-refractivity contribution in [1.82, 2.24) is 4.31 Å². The van der Waals surface area contributed by atoms with Gasteiger partial charge in [0.25, 0.3) is 0 Å². The van der Waals surface area contributed by atoms with E-state index in [1.807, 2.05) is 0 Å². The van der Waals surface area contributed by atoms with Crippen molar-refractivity contribution in [3.63, 3.8) is 0 Å². The van der Waals surface area contributed by atoms with Gasteiger partial charge in [0.15, 0.2) is 5.78 Å². The van der Waals surface area contributed by atoms with E-state index in [1.165, 1.54) is 11.2 Å². The number of carbonyl (C=O) groups is 2. The molecule has 1 atom stereocenters. The van der Waals surface area contributed by atoms with Crippen LogP contribution in [0.25, 0.3) is 0 Å². The first kappa shape index (κ1) is 16.6. The van der Waals surface area contributed by atoms with Crippen LogP contribution in [-0.4, -0.2) is 43.3 Å². The van der Waals surface area contributed by atoms with Crippen molar-refractivity contribution < 1.29 is 18.0 Å². The third kappa shape index (κ3) is 3.92.